The minimum atomic E-state index is -0.838. The molecule has 26 heavy (non-hydrogen) atoms. The van der Waals surface area contributed by atoms with E-state index in [-0.39, 0.29) is 5.56 Å². The van der Waals surface area contributed by atoms with Crippen molar-refractivity contribution >= 4 is 0 Å². The standard InChI is InChI=1S/C22H24N2O2/c1-2-3-14-19-20(21(25)18-12-8-5-9-13-18)15-23-24(22(19)26)16-17-10-6-4-7-11-17/h4-13,15,21,25H,2-3,14,16H2,1H3. The quantitative estimate of drug-likeness (QED) is 0.708. The molecule has 134 valence electrons. The lowest BCUT2D eigenvalue weighted by molar-refractivity contribution is 0.217. The number of aliphatic hydroxyl groups is 1. The van der Waals surface area contributed by atoms with Gasteiger partial charge in [-0.2, -0.15) is 5.10 Å². The molecule has 0 amide bonds. The predicted octanol–water partition coefficient (Wildman–Crippen LogP) is 3.72. The van der Waals surface area contributed by atoms with Gasteiger partial charge in [0.25, 0.3) is 5.56 Å². The molecule has 4 heteroatoms. The maximum atomic E-state index is 13.0. The van der Waals surface area contributed by atoms with Gasteiger partial charge in [0.1, 0.15) is 6.10 Å². The van der Waals surface area contributed by atoms with Crippen LogP contribution in [0.5, 0.6) is 0 Å². The zero-order valence-corrected chi connectivity index (χ0v) is 15.0. The third-order valence-electron chi connectivity index (χ3n) is 4.54. The Balaban J connectivity index is 1.99. The van der Waals surface area contributed by atoms with Gasteiger partial charge >= 0.3 is 0 Å². The lowest BCUT2D eigenvalue weighted by Gasteiger charge is -2.17. The molecule has 0 saturated carbocycles. The van der Waals surface area contributed by atoms with Crippen molar-refractivity contribution in [3.05, 3.63) is 99.5 Å². The van der Waals surface area contributed by atoms with Crippen molar-refractivity contribution in [2.45, 2.75) is 38.8 Å². The minimum Gasteiger partial charge on any atom is -0.384 e. The van der Waals surface area contributed by atoms with E-state index in [0.29, 0.717) is 24.1 Å². The van der Waals surface area contributed by atoms with E-state index in [1.165, 1.54) is 4.68 Å². The molecule has 1 N–H and O–H groups in total. The first-order valence-corrected chi connectivity index (χ1v) is 9.06. The number of rotatable bonds is 7. The molecule has 1 unspecified atom stereocenters. The molecule has 2 aromatic carbocycles. The zero-order valence-electron chi connectivity index (χ0n) is 15.0. The summed E-state index contributed by atoms with van der Waals surface area (Å²) in [5.74, 6) is 0. The number of hydrogen-bond donors (Lipinski definition) is 1. The van der Waals surface area contributed by atoms with Gasteiger partial charge in [0.05, 0.1) is 12.7 Å². The number of hydrogen-bond acceptors (Lipinski definition) is 3. The molecule has 0 spiro atoms. The zero-order chi connectivity index (χ0) is 18.4. The molecule has 0 fully saturated rings. The lowest BCUT2D eigenvalue weighted by Crippen LogP contribution is -2.29. The van der Waals surface area contributed by atoms with Crippen molar-refractivity contribution in [3.8, 4) is 0 Å². The molecule has 0 aliphatic carbocycles. The largest absolute Gasteiger partial charge is 0.384 e. The molecule has 0 saturated heterocycles. The third-order valence-corrected chi connectivity index (χ3v) is 4.54. The molecule has 1 aromatic heterocycles. The Morgan fingerprint density at radius 3 is 2.35 bits per heavy atom. The smallest absolute Gasteiger partial charge is 0.270 e. The fourth-order valence-corrected chi connectivity index (χ4v) is 3.07. The first-order chi connectivity index (χ1) is 12.7. The fraction of sp³-hybridized carbons (Fsp3) is 0.273. The minimum absolute atomic E-state index is 0.116. The van der Waals surface area contributed by atoms with Crippen molar-refractivity contribution in [2.24, 2.45) is 0 Å². The van der Waals surface area contributed by atoms with Crippen LogP contribution in [0.25, 0.3) is 0 Å². The van der Waals surface area contributed by atoms with Crippen LogP contribution in [-0.4, -0.2) is 14.9 Å². The number of benzene rings is 2. The Bertz CT molecular complexity index is 889. The summed E-state index contributed by atoms with van der Waals surface area (Å²) < 4.78 is 1.49. The van der Waals surface area contributed by atoms with Gasteiger partial charge in [-0.3, -0.25) is 4.79 Å². The molecule has 3 rings (SSSR count). The molecule has 0 radical (unpaired) electrons. The highest BCUT2D eigenvalue weighted by molar-refractivity contribution is 5.33. The molecule has 4 nitrogen and oxygen atoms in total. The lowest BCUT2D eigenvalue weighted by atomic mass is 9.96. The van der Waals surface area contributed by atoms with E-state index in [4.69, 9.17) is 0 Å². The van der Waals surface area contributed by atoms with E-state index >= 15 is 0 Å². The summed E-state index contributed by atoms with van der Waals surface area (Å²) in [6.07, 6.45) is 3.34. The molecule has 1 heterocycles. The van der Waals surface area contributed by atoms with Crippen LogP contribution in [0, 0.1) is 0 Å². The van der Waals surface area contributed by atoms with Crippen molar-refractivity contribution in [2.75, 3.05) is 0 Å². The van der Waals surface area contributed by atoms with Crippen LogP contribution >= 0.6 is 0 Å². The van der Waals surface area contributed by atoms with Gasteiger partial charge in [0.15, 0.2) is 0 Å². The average Bonchev–Trinajstić information content (AvgIpc) is 2.69. The fourth-order valence-electron chi connectivity index (χ4n) is 3.07. The maximum absolute atomic E-state index is 13.0. The van der Waals surface area contributed by atoms with Gasteiger partial charge < -0.3 is 5.11 Å². The molecule has 0 aliphatic heterocycles. The average molecular weight is 348 g/mol. The summed E-state index contributed by atoms with van der Waals surface area (Å²) in [6.45, 7) is 2.53. The van der Waals surface area contributed by atoms with Crippen molar-refractivity contribution in [3.63, 3.8) is 0 Å². The van der Waals surface area contributed by atoms with Crippen molar-refractivity contribution in [1.82, 2.24) is 9.78 Å². The van der Waals surface area contributed by atoms with Gasteiger partial charge in [-0.15, -0.1) is 0 Å². The van der Waals surface area contributed by atoms with E-state index in [2.05, 4.69) is 12.0 Å². The van der Waals surface area contributed by atoms with Gasteiger partial charge in [0, 0.05) is 11.1 Å². The second kappa shape index (κ2) is 8.59. The summed E-state index contributed by atoms with van der Waals surface area (Å²) in [5, 5.41) is 15.1. The van der Waals surface area contributed by atoms with E-state index in [1.54, 1.807) is 6.20 Å². The van der Waals surface area contributed by atoms with E-state index in [1.807, 2.05) is 60.7 Å². The Hall–Kier alpha value is -2.72. The van der Waals surface area contributed by atoms with Gasteiger partial charge in [-0.1, -0.05) is 74.0 Å². The number of nitrogens with zero attached hydrogens (tertiary/aromatic N) is 2. The summed E-state index contributed by atoms with van der Waals surface area (Å²) in [7, 11) is 0. The van der Waals surface area contributed by atoms with Crippen LogP contribution in [0.3, 0.4) is 0 Å². The molecular weight excluding hydrogens is 324 g/mol. The first kappa shape index (κ1) is 18.1. The molecular formula is C22H24N2O2. The topological polar surface area (TPSA) is 55.1 Å². The summed E-state index contributed by atoms with van der Waals surface area (Å²) in [6, 6.07) is 19.2. The van der Waals surface area contributed by atoms with Crippen LogP contribution in [0.4, 0.5) is 0 Å². The maximum Gasteiger partial charge on any atom is 0.270 e. The summed E-state index contributed by atoms with van der Waals surface area (Å²) >= 11 is 0. The first-order valence-electron chi connectivity index (χ1n) is 9.06. The van der Waals surface area contributed by atoms with Gasteiger partial charge in [-0.25, -0.2) is 4.68 Å². The summed E-state index contributed by atoms with van der Waals surface area (Å²) in [4.78, 5) is 13.0. The third kappa shape index (κ3) is 4.09. The predicted molar refractivity (Wildman–Crippen MR) is 103 cm³/mol. The van der Waals surface area contributed by atoms with Crippen molar-refractivity contribution < 1.29 is 5.11 Å². The normalized spacial score (nSPS) is 12.1. The molecule has 3 aromatic rings. The van der Waals surface area contributed by atoms with Crippen LogP contribution in [0.1, 0.15) is 48.1 Å². The SMILES string of the molecule is CCCCc1c(C(O)c2ccccc2)cnn(Cc2ccccc2)c1=O. The molecule has 0 aliphatic rings. The van der Waals surface area contributed by atoms with Crippen LogP contribution in [0.15, 0.2) is 71.7 Å². The second-order valence-electron chi connectivity index (χ2n) is 6.44. The molecule has 1 atom stereocenters. The monoisotopic (exact) mass is 348 g/mol. The van der Waals surface area contributed by atoms with E-state index < -0.39 is 6.10 Å². The Labute approximate surface area is 153 Å². The van der Waals surface area contributed by atoms with Crippen LogP contribution in [-0.2, 0) is 13.0 Å². The number of unbranched alkanes of at least 4 members (excludes halogenated alkanes) is 1. The van der Waals surface area contributed by atoms with E-state index in [9.17, 15) is 9.90 Å². The highest BCUT2D eigenvalue weighted by Crippen LogP contribution is 2.23. The Kier molecular flexibility index (Phi) is 5.97. The van der Waals surface area contributed by atoms with Crippen LogP contribution in [0.2, 0.25) is 0 Å². The highest BCUT2D eigenvalue weighted by atomic mass is 16.3. The molecule has 0 bridgehead atoms. The highest BCUT2D eigenvalue weighted by Gasteiger charge is 2.19. The van der Waals surface area contributed by atoms with Gasteiger partial charge in [-0.05, 0) is 24.0 Å². The van der Waals surface area contributed by atoms with E-state index in [0.717, 1.165) is 24.0 Å². The number of aromatic nitrogens is 2. The van der Waals surface area contributed by atoms with Gasteiger partial charge in [0.2, 0.25) is 0 Å². The Morgan fingerprint density at radius 1 is 1.04 bits per heavy atom. The number of aliphatic hydroxyl groups excluding tert-OH is 1. The van der Waals surface area contributed by atoms with Crippen molar-refractivity contribution in [1.29, 1.82) is 0 Å². The Morgan fingerprint density at radius 2 is 1.69 bits per heavy atom. The summed E-state index contributed by atoms with van der Waals surface area (Å²) in [5.41, 5.74) is 2.95. The second-order valence-corrected chi connectivity index (χ2v) is 6.44. The van der Waals surface area contributed by atoms with Crippen LogP contribution < -0.4 is 5.56 Å².